The molecule has 156 valence electrons. The van der Waals surface area contributed by atoms with Crippen LogP contribution in [0, 0.1) is 5.82 Å². The highest BCUT2D eigenvalue weighted by Gasteiger charge is 2.38. The summed E-state index contributed by atoms with van der Waals surface area (Å²) < 4.78 is 13.4. The van der Waals surface area contributed by atoms with Gasteiger partial charge in [0.1, 0.15) is 5.82 Å². The molecule has 1 N–H and O–H groups in total. The van der Waals surface area contributed by atoms with E-state index in [1.807, 2.05) is 59.9 Å². The SMILES string of the molecule is OC1(c2ccc(Cl)cc2)CCN(CCCC2(c3ccc(F)cc3)SCCS2)CC1. The van der Waals surface area contributed by atoms with Crippen LogP contribution in [0.25, 0.3) is 0 Å². The molecule has 4 rings (SSSR count). The lowest BCUT2D eigenvalue weighted by molar-refractivity contribution is -0.0261. The van der Waals surface area contributed by atoms with Crippen molar-refractivity contribution < 1.29 is 9.50 Å². The molecule has 0 aliphatic carbocycles. The number of nitrogens with zero attached hydrogens (tertiary/aromatic N) is 1. The van der Waals surface area contributed by atoms with Gasteiger partial charge in [-0.15, -0.1) is 23.5 Å². The third kappa shape index (κ3) is 4.96. The van der Waals surface area contributed by atoms with Gasteiger partial charge in [0.05, 0.1) is 9.68 Å². The predicted octanol–water partition coefficient (Wildman–Crippen LogP) is 5.88. The van der Waals surface area contributed by atoms with E-state index >= 15 is 0 Å². The van der Waals surface area contributed by atoms with Gasteiger partial charge in [-0.2, -0.15) is 0 Å². The summed E-state index contributed by atoms with van der Waals surface area (Å²) >= 11 is 9.99. The minimum Gasteiger partial charge on any atom is -0.385 e. The zero-order valence-electron chi connectivity index (χ0n) is 16.4. The number of hydrogen-bond acceptors (Lipinski definition) is 4. The molecular formula is C23H27ClFNOS2. The summed E-state index contributed by atoms with van der Waals surface area (Å²) in [6.45, 7) is 2.85. The number of halogens is 2. The van der Waals surface area contributed by atoms with Crippen LogP contribution in [0.5, 0.6) is 0 Å². The minimum atomic E-state index is -0.742. The van der Waals surface area contributed by atoms with E-state index in [9.17, 15) is 9.50 Å². The highest BCUT2D eigenvalue weighted by molar-refractivity contribution is 8.20. The van der Waals surface area contributed by atoms with Gasteiger partial charge >= 0.3 is 0 Å². The number of piperidine rings is 1. The molecule has 2 fully saturated rings. The number of hydrogen-bond donors (Lipinski definition) is 1. The average molecular weight is 452 g/mol. The predicted molar refractivity (Wildman–Crippen MR) is 123 cm³/mol. The molecule has 0 bridgehead atoms. The minimum absolute atomic E-state index is 0.0630. The van der Waals surface area contributed by atoms with Crippen molar-refractivity contribution >= 4 is 35.1 Å². The molecule has 2 saturated heterocycles. The molecule has 0 radical (unpaired) electrons. The highest BCUT2D eigenvalue weighted by Crippen LogP contribution is 2.54. The van der Waals surface area contributed by atoms with E-state index in [2.05, 4.69) is 4.90 Å². The van der Waals surface area contributed by atoms with Crippen LogP contribution in [-0.4, -0.2) is 41.1 Å². The van der Waals surface area contributed by atoms with Crippen molar-refractivity contribution in [2.75, 3.05) is 31.1 Å². The first kappa shape index (κ1) is 21.5. The Morgan fingerprint density at radius 1 is 0.931 bits per heavy atom. The van der Waals surface area contributed by atoms with Crippen molar-refractivity contribution in [3.8, 4) is 0 Å². The van der Waals surface area contributed by atoms with Crippen LogP contribution < -0.4 is 0 Å². The molecule has 2 aromatic carbocycles. The average Bonchev–Trinajstić information content (AvgIpc) is 3.20. The zero-order valence-corrected chi connectivity index (χ0v) is 18.8. The Labute approximate surface area is 186 Å². The number of rotatable bonds is 6. The van der Waals surface area contributed by atoms with E-state index in [4.69, 9.17) is 11.6 Å². The molecule has 2 nitrogen and oxygen atoms in total. The van der Waals surface area contributed by atoms with E-state index < -0.39 is 5.60 Å². The smallest absolute Gasteiger partial charge is 0.123 e. The quantitative estimate of drug-likeness (QED) is 0.592. The van der Waals surface area contributed by atoms with Gasteiger partial charge in [0.25, 0.3) is 0 Å². The first-order valence-corrected chi connectivity index (χ1v) is 12.6. The molecule has 2 aliphatic heterocycles. The lowest BCUT2D eigenvalue weighted by Crippen LogP contribution is -2.43. The van der Waals surface area contributed by atoms with Crippen LogP contribution >= 0.6 is 35.1 Å². The van der Waals surface area contributed by atoms with Gasteiger partial charge in [0, 0.05) is 29.6 Å². The van der Waals surface area contributed by atoms with Crippen LogP contribution in [-0.2, 0) is 9.68 Å². The third-order valence-corrected chi connectivity index (χ3v) is 9.93. The van der Waals surface area contributed by atoms with Gasteiger partial charge < -0.3 is 10.0 Å². The molecule has 2 aliphatic rings. The van der Waals surface area contributed by atoms with Gasteiger partial charge in [0.2, 0.25) is 0 Å². The zero-order chi connectivity index (χ0) is 20.3. The first-order chi connectivity index (χ1) is 14.0. The fourth-order valence-corrected chi connectivity index (χ4v) is 7.81. The normalized spacial score (nSPS) is 21.3. The monoisotopic (exact) mass is 451 g/mol. The Morgan fingerprint density at radius 2 is 1.52 bits per heavy atom. The van der Waals surface area contributed by atoms with E-state index in [1.54, 1.807) is 12.1 Å². The summed E-state index contributed by atoms with van der Waals surface area (Å²) in [5, 5.41) is 11.8. The van der Waals surface area contributed by atoms with E-state index in [0.717, 1.165) is 62.4 Å². The van der Waals surface area contributed by atoms with Crippen molar-refractivity contribution in [2.45, 2.75) is 35.4 Å². The van der Waals surface area contributed by atoms with Gasteiger partial charge in [-0.05, 0) is 67.6 Å². The van der Waals surface area contributed by atoms with Crippen molar-refractivity contribution in [3.63, 3.8) is 0 Å². The largest absolute Gasteiger partial charge is 0.385 e. The highest BCUT2D eigenvalue weighted by atomic mass is 35.5. The number of aliphatic hydroxyl groups is 1. The van der Waals surface area contributed by atoms with Crippen molar-refractivity contribution in [1.82, 2.24) is 4.90 Å². The Morgan fingerprint density at radius 3 is 2.14 bits per heavy atom. The Bertz CT molecular complexity index is 801. The molecule has 29 heavy (non-hydrogen) atoms. The lowest BCUT2D eigenvalue weighted by Gasteiger charge is -2.39. The fourth-order valence-electron chi connectivity index (χ4n) is 4.34. The standard InChI is InChI=1S/C23H27ClFNOS2/c24-20-6-2-18(3-7-20)22(27)11-14-26(15-12-22)13-1-10-23(28-16-17-29-23)19-4-8-21(25)9-5-19/h2-9,27H,1,10-17H2. The molecule has 0 unspecified atom stereocenters. The summed E-state index contributed by atoms with van der Waals surface area (Å²) in [6.07, 6.45) is 3.70. The Kier molecular flexibility index (Phi) is 6.82. The van der Waals surface area contributed by atoms with Crippen molar-refractivity contribution in [1.29, 1.82) is 0 Å². The van der Waals surface area contributed by atoms with Crippen LogP contribution in [0.15, 0.2) is 48.5 Å². The maximum Gasteiger partial charge on any atom is 0.123 e. The summed E-state index contributed by atoms with van der Waals surface area (Å²) in [5.41, 5.74) is 1.46. The second-order valence-corrected chi connectivity index (χ2v) is 11.4. The van der Waals surface area contributed by atoms with Crippen molar-refractivity contribution in [2.24, 2.45) is 0 Å². The number of benzene rings is 2. The maximum absolute atomic E-state index is 13.4. The maximum atomic E-state index is 13.4. The molecule has 2 heterocycles. The third-order valence-electron chi connectivity index (χ3n) is 6.08. The second kappa shape index (κ2) is 9.19. The topological polar surface area (TPSA) is 23.5 Å². The van der Waals surface area contributed by atoms with Crippen LogP contribution in [0.4, 0.5) is 4.39 Å². The molecule has 0 atom stereocenters. The molecular weight excluding hydrogens is 425 g/mol. The summed E-state index contributed by atoms with van der Waals surface area (Å²) in [6, 6.07) is 14.7. The first-order valence-electron chi connectivity index (χ1n) is 10.2. The summed E-state index contributed by atoms with van der Waals surface area (Å²) in [7, 11) is 0. The van der Waals surface area contributed by atoms with E-state index in [-0.39, 0.29) is 9.90 Å². The molecule has 6 heteroatoms. The molecule has 2 aromatic rings. The Hall–Kier alpha value is -0.720. The summed E-state index contributed by atoms with van der Waals surface area (Å²) in [4.78, 5) is 2.47. The number of likely N-dealkylation sites (tertiary alicyclic amines) is 1. The van der Waals surface area contributed by atoms with Crippen LogP contribution in [0.3, 0.4) is 0 Å². The van der Waals surface area contributed by atoms with Gasteiger partial charge in [0.15, 0.2) is 0 Å². The van der Waals surface area contributed by atoms with Gasteiger partial charge in [-0.3, -0.25) is 0 Å². The second-order valence-electron chi connectivity index (χ2n) is 7.94. The fraction of sp³-hybridized carbons (Fsp3) is 0.478. The lowest BCUT2D eigenvalue weighted by atomic mass is 9.84. The number of thioether (sulfide) groups is 2. The van der Waals surface area contributed by atoms with Gasteiger partial charge in [-0.1, -0.05) is 35.9 Å². The van der Waals surface area contributed by atoms with Crippen molar-refractivity contribution in [3.05, 3.63) is 70.5 Å². The van der Waals surface area contributed by atoms with E-state index in [0.29, 0.717) is 5.02 Å². The van der Waals surface area contributed by atoms with Crippen LogP contribution in [0.2, 0.25) is 5.02 Å². The molecule has 0 saturated carbocycles. The Balaban J connectivity index is 1.31. The van der Waals surface area contributed by atoms with Crippen LogP contribution in [0.1, 0.15) is 36.8 Å². The van der Waals surface area contributed by atoms with E-state index in [1.165, 1.54) is 5.56 Å². The van der Waals surface area contributed by atoms with Gasteiger partial charge in [-0.25, -0.2) is 4.39 Å². The molecule has 0 amide bonds. The molecule has 0 aromatic heterocycles. The molecule has 0 spiro atoms. The summed E-state index contributed by atoms with van der Waals surface area (Å²) in [5.74, 6) is 2.14.